The van der Waals surface area contributed by atoms with E-state index in [4.69, 9.17) is 0 Å². The topological polar surface area (TPSA) is 61.4 Å². The molecule has 0 aliphatic carbocycles. The van der Waals surface area contributed by atoms with Gasteiger partial charge >= 0.3 is 0 Å². The van der Waals surface area contributed by atoms with Crippen LogP contribution < -0.4 is 15.5 Å². The SMILES string of the molecule is CN(C)c1ccc(NC(=O)C(C)(C)C(=O)Nc2c(F)cccc2F)cc1. The van der Waals surface area contributed by atoms with Crippen molar-refractivity contribution >= 4 is 28.9 Å². The van der Waals surface area contributed by atoms with Gasteiger partial charge in [-0.25, -0.2) is 8.78 Å². The largest absolute Gasteiger partial charge is 0.378 e. The summed E-state index contributed by atoms with van der Waals surface area (Å²) >= 11 is 0. The molecule has 2 amide bonds. The van der Waals surface area contributed by atoms with E-state index in [1.54, 1.807) is 12.1 Å². The summed E-state index contributed by atoms with van der Waals surface area (Å²) in [6, 6.07) is 10.3. The van der Waals surface area contributed by atoms with Crippen molar-refractivity contribution in [2.75, 3.05) is 29.6 Å². The van der Waals surface area contributed by atoms with Crippen LogP contribution in [0.5, 0.6) is 0 Å². The second kappa shape index (κ2) is 7.51. The Balaban J connectivity index is 2.12. The average molecular weight is 361 g/mol. The highest BCUT2D eigenvalue weighted by Gasteiger charge is 2.37. The summed E-state index contributed by atoms with van der Waals surface area (Å²) in [4.78, 5) is 26.8. The van der Waals surface area contributed by atoms with Gasteiger partial charge in [0.05, 0.1) is 0 Å². The van der Waals surface area contributed by atoms with Crippen molar-refractivity contribution < 1.29 is 18.4 Å². The first-order valence-electron chi connectivity index (χ1n) is 7.97. The normalized spacial score (nSPS) is 11.0. The molecule has 0 aliphatic rings. The van der Waals surface area contributed by atoms with Crippen LogP contribution in [0, 0.1) is 17.0 Å². The van der Waals surface area contributed by atoms with Crippen LogP contribution in [0.1, 0.15) is 13.8 Å². The zero-order valence-electron chi connectivity index (χ0n) is 15.1. The van der Waals surface area contributed by atoms with Crippen molar-refractivity contribution in [1.82, 2.24) is 0 Å². The number of hydrogen-bond donors (Lipinski definition) is 2. The molecule has 0 fully saturated rings. The van der Waals surface area contributed by atoms with Crippen molar-refractivity contribution in [3.63, 3.8) is 0 Å². The number of benzene rings is 2. The third-order valence-corrected chi connectivity index (χ3v) is 3.98. The quantitative estimate of drug-likeness (QED) is 0.800. The van der Waals surface area contributed by atoms with E-state index >= 15 is 0 Å². The number of nitrogens with one attached hydrogen (secondary N) is 2. The summed E-state index contributed by atoms with van der Waals surface area (Å²) in [5.41, 5.74) is -0.656. The van der Waals surface area contributed by atoms with Crippen molar-refractivity contribution in [2.24, 2.45) is 5.41 Å². The molecule has 0 saturated heterocycles. The Labute approximate surface area is 151 Å². The average Bonchev–Trinajstić information content (AvgIpc) is 2.58. The van der Waals surface area contributed by atoms with Gasteiger partial charge in [0.2, 0.25) is 11.8 Å². The van der Waals surface area contributed by atoms with Gasteiger partial charge < -0.3 is 15.5 Å². The Hall–Kier alpha value is -2.96. The summed E-state index contributed by atoms with van der Waals surface area (Å²) in [6.07, 6.45) is 0. The molecule has 0 saturated carbocycles. The molecule has 2 aromatic carbocycles. The van der Waals surface area contributed by atoms with Gasteiger partial charge in [0.25, 0.3) is 0 Å². The van der Waals surface area contributed by atoms with Crippen LogP contribution in [0.15, 0.2) is 42.5 Å². The van der Waals surface area contributed by atoms with Gasteiger partial charge in [0.15, 0.2) is 0 Å². The van der Waals surface area contributed by atoms with Gasteiger partial charge in [-0.2, -0.15) is 0 Å². The Morgan fingerprint density at radius 1 is 0.885 bits per heavy atom. The maximum atomic E-state index is 13.7. The molecule has 26 heavy (non-hydrogen) atoms. The molecule has 2 rings (SSSR count). The van der Waals surface area contributed by atoms with E-state index in [0.29, 0.717) is 5.69 Å². The van der Waals surface area contributed by atoms with Crippen LogP contribution >= 0.6 is 0 Å². The van der Waals surface area contributed by atoms with Gasteiger partial charge in [-0.15, -0.1) is 0 Å². The second-order valence-electron chi connectivity index (χ2n) is 6.57. The highest BCUT2D eigenvalue weighted by atomic mass is 19.1. The predicted molar refractivity (Wildman–Crippen MR) is 98.2 cm³/mol. The van der Waals surface area contributed by atoms with E-state index in [9.17, 15) is 18.4 Å². The lowest BCUT2D eigenvalue weighted by Gasteiger charge is -2.23. The van der Waals surface area contributed by atoms with E-state index in [1.165, 1.54) is 19.9 Å². The van der Waals surface area contributed by atoms with Crippen molar-refractivity contribution in [2.45, 2.75) is 13.8 Å². The minimum Gasteiger partial charge on any atom is -0.378 e. The fourth-order valence-corrected chi connectivity index (χ4v) is 2.12. The van der Waals surface area contributed by atoms with Crippen LogP contribution in [0.4, 0.5) is 25.8 Å². The number of para-hydroxylation sites is 1. The van der Waals surface area contributed by atoms with Gasteiger partial charge in [-0.05, 0) is 50.2 Å². The summed E-state index contributed by atoms with van der Waals surface area (Å²) < 4.78 is 27.4. The highest BCUT2D eigenvalue weighted by Crippen LogP contribution is 2.25. The molecule has 0 aromatic heterocycles. The van der Waals surface area contributed by atoms with Gasteiger partial charge in [0, 0.05) is 25.5 Å². The number of amides is 2. The maximum absolute atomic E-state index is 13.7. The highest BCUT2D eigenvalue weighted by molar-refractivity contribution is 6.14. The fourth-order valence-electron chi connectivity index (χ4n) is 2.12. The number of carbonyl (C=O) groups excluding carboxylic acids is 2. The Kier molecular flexibility index (Phi) is 5.59. The standard InChI is InChI=1S/C19H21F2N3O2/c1-19(2,18(26)23-16-14(20)6-5-7-15(16)21)17(25)22-12-8-10-13(11-9-12)24(3)4/h5-11H,1-4H3,(H,22,25)(H,23,26). The van der Waals surface area contributed by atoms with E-state index < -0.39 is 34.6 Å². The Bertz CT molecular complexity index is 798. The van der Waals surface area contributed by atoms with Crippen LogP contribution in [-0.2, 0) is 9.59 Å². The molecule has 7 heteroatoms. The first-order valence-corrected chi connectivity index (χ1v) is 7.97. The predicted octanol–water partition coefficient (Wildman–Crippen LogP) is 3.63. The molecule has 0 spiro atoms. The molecule has 5 nitrogen and oxygen atoms in total. The van der Waals surface area contributed by atoms with Crippen LogP contribution in [0.2, 0.25) is 0 Å². The number of carbonyl (C=O) groups is 2. The lowest BCUT2D eigenvalue weighted by Crippen LogP contribution is -2.41. The third kappa shape index (κ3) is 4.17. The number of halogens is 2. The van der Waals surface area contributed by atoms with E-state index in [2.05, 4.69) is 10.6 Å². The third-order valence-electron chi connectivity index (χ3n) is 3.98. The Morgan fingerprint density at radius 2 is 1.38 bits per heavy atom. The molecular formula is C19H21F2N3O2. The summed E-state index contributed by atoms with van der Waals surface area (Å²) in [6.45, 7) is 2.76. The Morgan fingerprint density at radius 3 is 1.88 bits per heavy atom. The van der Waals surface area contributed by atoms with Crippen molar-refractivity contribution in [3.05, 3.63) is 54.1 Å². The fraction of sp³-hybridized carbons (Fsp3) is 0.263. The number of anilines is 3. The van der Waals surface area contributed by atoms with Crippen LogP contribution in [0.25, 0.3) is 0 Å². The van der Waals surface area contributed by atoms with Crippen LogP contribution in [0.3, 0.4) is 0 Å². The van der Waals surface area contributed by atoms with Gasteiger partial charge in [-0.1, -0.05) is 6.07 Å². The monoisotopic (exact) mass is 361 g/mol. The molecule has 0 unspecified atom stereocenters. The molecule has 0 aliphatic heterocycles. The smallest absolute Gasteiger partial charge is 0.239 e. The molecule has 0 bridgehead atoms. The summed E-state index contributed by atoms with van der Waals surface area (Å²) in [5, 5.41) is 4.79. The van der Waals surface area contributed by atoms with Gasteiger partial charge in [0.1, 0.15) is 22.7 Å². The second-order valence-corrected chi connectivity index (χ2v) is 6.57. The lowest BCUT2D eigenvalue weighted by atomic mass is 9.90. The van der Waals surface area contributed by atoms with Crippen molar-refractivity contribution in [3.8, 4) is 0 Å². The summed E-state index contributed by atoms with van der Waals surface area (Å²) in [7, 11) is 3.78. The number of hydrogen-bond acceptors (Lipinski definition) is 3. The van der Waals surface area contributed by atoms with Crippen LogP contribution in [-0.4, -0.2) is 25.9 Å². The molecular weight excluding hydrogens is 340 g/mol. The molecule has 0 radical (unpaired) electrons. The number of nitrogens with zero attached hydrogens (tertiary/aromatic N) is 1. The zero-order chi connectivity index (χ0) is 19.5. The van der Waals surface area contributed by atoms with E-state index in [1.807, 2.05) is 31.1 Å². The first-order chi connectivity index (χ1) is 12.1. The number of rotatable bonds is 5. The van der Waals surface area contributed by atoms with Gasteiger partial charge in [-0.3, -0.25) is 9.59 Å². The molecule has 2 aromatic rings. The van der Waals surface area contributed by atoms with E-state index in [-0.39, 0.29) is 0 Å². The zero-order valence-corrected chi connectivity index (χ0v) is 15.1. The minimum atomic E-state index is -1.55. The van der Waals surface area contributed by atoms with Crippen molar-refractivity contribution in [1.29, 1.82) is 0 Å². The molecule has 0 atom stereocenters. The molecule has 138 valence electrons. The first kappa shape index (κ1) is 19.4. The van der Waals surface area contributed by atoms with E-state index in [0.717, 1.165) is 17.8 Å². The maximum Gasteiger partial charge on any atom is 0.239 e. The lowest BCUT2D eigenvalue weighted by molar-refractivity contribution is -0.135. The molecule has 0 heterocycles. The summed E-state index contributed by atoms with van der Waals surface area (Å²) in [5.74, 6) is -3.23. The minimum absolute atomic E-state index is 0.513. The molecule has 2 N–H and O–H groups in total.